The van der Waals surface area contributed by atoms with Gasteiger partial charge in [-0.25, -0.2) is 0 Å². The average molecular weight is 500 g/mol. The number of aromatic nitrogens is 2. The number of carbonyl (C=O) groups excluding carboxylic acids is 2. The molecule has 1 atom stereocenters. The van der Waals surface area contributed by atoms with Crippen molar-refractivity contribution in [2.45, 2.75) is 70.8 Å². The van der Waals surface area contributed by atoms with Gasteiger partial charge in [0.1, 0.15) is 5.69 Å². The Morgan fingerprint density at radius 1 is 1.11 bits per heavy atom. The highest BCUT2D eigenvalue weighted by Gasteiger charge is 2.34. The molecule has 0 spiro atoms. The van der Waals surface area contributed by atoms with Gasteiger partial charge in [-0.05, 0) is 56.2 Å². The van der Waals surface area contributed by atoms with Crippen molar-refractivity contribution >= 4 is 29.3 Å². The Bertz CT molecular complexity index is 1060. The smallest absolute Gasteiger partial charge is 0.306 e. The first kappa shape index (κ1) is 25.4. The maximum atomic E-state index is 13.4. The summed E-state index contributed by atoms with van der Waals surface area (Å²) in [6.45, 7) is 2.75. The van der Waals surface area contributed by atoms with Gasteiger partial charge in [-0.3, -0.25) is 19.1 Å². The van der Waals surface area contributed by atoms with E-state index in [0.29, 0.717) is 36.5 Å². The second-order valence-corrected chi connectivity index (χ2v) is 10.4. The minimum Gasteiger partial charge on any atom is -0.481 e. The molecule has 1 aromatic carbocycles. The molecule has 1 saturated carbocycles. The van der Waals surface area contributed by atoms with Crippen LogP contribution in [0.1, 0.15) is 81.2 Å². The van der Waals surface area contributed by atoms with Gasteiger partial charge in [0.05, 0.1) is 24.2 Å². The molecule has 0 radical (unpaired) electrons. The number of nitrogens with zero attached hydrogens (tertiary/aromatic N) is 3. The van der Waals surface area contributed by atoms with Crippen molar-refractivity contribution in [3.8, 4) is 11.3 Å². The summed E-state index contributed by atoms with van der Waals surface area (Å²) in [5.74, 6) is -0.926. The number of amides is 1. The number of carboxylic acids is 1. The standard InChI is InChI=1S/C27H34ClN3O4/c1-2-3-4-5-22-16-30(17-23(32)14-18-6-8-20(9-7-18)27(34)35)26(33)25-15-24(29-31(22)25)19-10-12-21(28)13-11-19/h10-13,15,18,20,22H,2-9,14,16-17H2,1H3,(H,34,35). The van der Waals surface area contributed by atoms with Gasteiger partial charge in [-0.2, -0.15) is 5.10 Å². The Morgan fingerprint density at radius 2 is 1.83 bits per heavy atom. The third-order valence-corrected chi connectivity index (χ3v) is 7.63. The first-order chi connectivity index (χ1) is 16.9. The highest BCUT2D eigenvalue weighted by Crippen LogP contribution is 2.32. The van der Waals surface area contributed by atoms with E-state index in [1.54, 1.807) is 4.90 Å². The molecule has 8 heteroatoms. The maximum absolute atomic E-state index is 13.4. The van der Waals surface area contributed by atoms with Crippen LogP contribution < -0.4 is 0 Å². The molecule has 4 rings (SSSR count). The summed E-state index contributed by atoms with van der Waals surface area (Å²) in [4.78, 5) is 39.2. The molecule has 2 aliphatic rings. The molecular formula is C27H34ClN3O4. The zero-order valence-corrected chi connectivity index (χ0v) is 21.0. The number of carbonyl (C=O) groups is 3. The number of hydrogen-bond acceptors (Lipinski definition) is 4. The third-order valence-electron chi connectivity index (χ3n) is 7.38. The Morgan fingerprint density at radius 3 is 2.49 bits per heavy atom. The molecular weight excluding hydrogens is 466 g/mol. The van der Waals surface area contributed by atoms with Crippen molar-refractivity contribution in [1.29, 1.82) is 0 Å². The summed E-state index contributed by atoms with van der Waals surface area (Å²) in [6, 6.07) is 9.27. The number of hydrogen-bond donors (Lipinski definition) is 1. The van der Waals surface area contributed by atoms with Gasteiger partial charge >= 0.3 is 5.97 Å². The molecule has 1 fully saturated rings. The lowest BCUT2D eigenvalue weighted by molar-refractivity contribution is -0.143. The van der Waals surface area contributed by atoms with Gasteiger partial charge in [-0.15, -0.1) is 0 Å². The van der Waals surface area contributed by atoms with Crippen LogP contribution in [0.4, 0.5) is 0 Å². The SMILES string of the molecule is CCCCCC1CN(CC(=O)CC2CCC(C(=O)O)CC2)C(=O)c2cc(-c3ccc(Cl)cc3)nn21. The fourth-order valence-electron chi connectivity index (χ4n) is 5.36. The molecule has 0 bridgehead atoms. The van der Waals surface area contributed by atoms with Crippen molar-refractivity contribution < 1.29 is 19.5 Å². The Balaban J connectivity index is 1.46. The normalized spacial score (nSPS) is 22.2. The molecule has 1 amide bonds. The van der Waals surface area contributed by atoms with Crippen LogP contribution in [0.15, 0.2) is 30.3 Å². The number of ketones is 1. The van der Waals surface area contributed by atoms with Gasteiger partial charge in [0.2, 0.25) is 0 Å². The molecule has 1 unspecified atom stereocenters. The highest BCUT2D eigenvalue weighted by atomic mass is 35.5. The zero-order valence-electron chi connectivity index (χ0n) is 20.3. The molecule has 35 heavy (non-hydrogen) atoms. The van der Waals surface area contributed by atoms with Crippen molar-refractivity contribution in [1.82, 2.24) is 14.7 Å². The van der Waals surface area contributed by atoms with E-state index in [2.05, 4.69) is 6.92 Å². The largest absolute Gasteiger partial charge is 0.481 e. The van der Waals surface area contributed by atoms with E-state index in [-0.39, 0.29) is 36.1 Å². The van der Waals surface area contributed by atoms with Crippen LogP contribution in [0.2, 0.25) is 5.02 Å². The molecule has 1 aliphatic heterocycles. The van der Waals surface area contributed by atoms with Crippen molar-refractivity contribution in [3.05, 3.63) is 41.0 Å². The van der Waals surface area contributed by atoms with Crippen LogP contribution >= 0.6 is 11.6 Å². The van der Waals surface area contributed by atoms with E-state index < -0.39 is 5.97 Å². The number of unbranched alkanes of at least 4 members (excludes halogenated alkanes) is 2. The van der Waals surface area contributed by atoms with Crippen LogP contribution in [0.25, 0.3) is 11.3 Å². The predicted octanol–water partition coefficient (Wildman–Crippen LogP) is 5.63. The van der Waals surface area contributed by atoms with E-state index >= 15 is 0 Å². The minimum atomic E-state index is -0.739. The maximum Gasteiger partial charge on any atom is 0.306 e. The van der Waals surface area contributed by atoms with Crippen LogP contribution in [0, 0.1) is 11.8 Å². The molecule has 0 saturated heterocycles. The molecule has 1 N–H and O–H groups in total. The number of rotatable bonds is 10. The van der Waals surface area contributed by atoms with E-state index in [1.165, 1.54) is 0 Å². The zero-order chi connectivity index (χ0) is 24.9. The Hall–Kier alpha value is -2.67. The monoisotopic (exact) mass is 499 g/mol. The van der Waals surface area contributed by atoms with Crippen molar-refractivity contribution in [2.24, 2.45) is 11.8 Å². The summed E-state index contributed by atoms with van der Waals surface area (Å²) < 4.78 is 1.86. The summed E-state index contributed by atoms with van der Waals surface area (Å²) in [7, 11) is 0. The van der Waals surface area contributed by atoms with E-state index in [1.807, 2.05) is 35.0 Å². The highest BCUT2D eigenvalue weighted by molar-refractivity contribution is 6.30. The number of benzene rings is 1. The molecule has 7 nitrogen and oxygen atoms in total. The van der Waals surface area contributed by atoms with Crippen LogP contribution in [-0.2, 0) is 9.59 Å². The topological polar surface area (TPSA) is 92.5 Å². The molecule has 1 aliphatic carbocycles. The van der Waals surface area contributed by atoms with Gasteiger partial charge in [-0.1, -0.05) is 49.9 Å². The van der Waals surface area contributed by atoms with Crippen molar-refractivity contribution in [3.63, 3.8) is 0 Å². The van der Waals surface area contributed by atoms with Gasteiger partial charge in [0.25, 0.3) is 5.91 Å². The predicted molar refractivity (Wildman–Crippen MR) is 134 cm³/mol. The fourth-order valence-corrected chi connectivity index (χ4v) is 5.49. The van der Waals surface area contributed by atoms with Gasteiger partial charge in [0, 0.05) is 23.6 Å². The Labute approximate surface area is 211 Å². The third kappa shape index (κ3) is 6.13. The Kier molecular flexibility index (Phi) is 8.26. The van der Waals surface area contributed by atoms with E-state index in [0.717, 1.165) is 49.8 Å². The first-order valence-corrected chi connectivity index (χ1v) is 13.1. The van der Waals surface area contributed by atoms with Crippen LogP contribution in [0.5, 0.6) is 0 Å². The lowest BCUT2D eigenvalue weighted by atomic mass is 9.80. The molecule has 188 valence electrons. The van der Waals surface area contributed by atoms with Crippen molar-refractivity contribution in [2.75, 3.05) is 13.1 Å². The quantitative estimate of drug-likeness (QED) is 0.427. The summed E-state index contributed by atoms with van der Waals surface area (Å²) >= 11 is 6.03. The van der Waals surface area contributed by atoms with E-state index in [4.69, 9.17) is 16.7 Å². The number of Topliss-reactive ketones (excluding diaryl/α,β-unsaturated/α-hetero) is 1. The summed E-state index contributed by atoms with van der Waals surface area (Å²) in [5, 5.41) is 14.6. The van der Waals surface area contributed by atoms with Gasteiger partial charge in [0.15, 0.2) is 5.78 Å². The molecule has 2 heterocycles. The molecule has 2 aromatic rings. The first-order valence-electron chi connectivity index (χ1n) is 12.7. The van der Waals surface area contributed by atoms with Crippen LogP contribution in [-0.4, -0.2) is 50.5 Å². The lowest BCUT2D eigenvalue weighted by Gasteiger charge is -2.34. The van der Waals surface area contributed by atoms with Crippen LogP contribution in [0.3, 0.4) is 0 Å². The fraction of sp³-hybridized carbons (Fsp3) is 0.556. The van der Waals surface area contributed by atoms with Gasteiger partial charge < -0.3 is 10.0 Å². The second-order valence-electron chi connectivity index (χ2n) is 10.0. The lowest BCUT2D eigenvalue weighted by Crippen LogP contribution is -2.45. The average Bonchev–Trinajstić information content (AvgIpc) is 3.29. The van der Waals surface area contributed by atoms with E-state index in [9.17, 15) is 19.5 Å². The number of carboxylic acid groups (broad SMARTS) is 1. The second kappa shape index (κ2) is 11.4. The number of halogens is 1. The summed E-state index contributed by atoms with van der Waals surface area (Å²) in [6.07, 6.45) is 7.35. The number of aliphatic carboxylic acids is 1. The summed E-state index contributed by atoms with van der Waals surface area (Å²) in [5.41, 5.74) is 2.15. The number of fused-ring (bicyclic) bond motifs is 1. The molecule has 1 aromatic heterocycles. The minimum absolute atomic E-state index is 0.0362.